The Kier molecular flexibility index (Phi) is 3.01. The summed E-state index contributed by atoms with van der Waals surface area (Å²) in [6, 6.07) is 10.1. The Balaban J connectivity index is 2.44. The van der Waals surface area contributed by atoms with Gasteiger partial charge in [-0.15, -0.1) is 0 Å². The number of hydrogen-bond acceptors (Lipinski definition) is 4. The van der Waals surface area contributed by atoms with Gasteiger partial charge >= 0.3 is 0 Å². The summed E-state index contributed by atoms with van der Waals surface area (Å²) in [7, 11) is 1.87. The molecule has 0 saturated carbocycles. The quantitative estimate of drug-likeness (QED) is 0.786. The van der Waals surface area contributed by atoms with Gasteiger partial charge in [-0.2, -0.15) is 5.26 Å². The average Bonchev–Trinajstić information content (AvgIpc) is 2.38. The zero-order valence-electron chi connectivity index (χ0n) is 9.75. The summed E-state index contributed by atoms with van der Waals surface area (Å²) in [5, 5.41) is 8.99. The molecular formula is C13H12N4. The second kappa shape index (κ2) is 4.62. The molecule has 0 bridgehead atoms. The van der Waals surface area contributed by atoms with Crippen molar-refractivity contribution >= 4 is 11.5 Å². The van der Waals surface area contributed by atoms with Gasteiger partial charge in [0.1, 0.15) is 6.07 Å². The van der Waals surface area contributed by atoms with Crippen LogP contribution in [0.25, 0.3) is 0 Å². The normalized spacial score (nSPS) is 9.71. The Hall–Kier alpha value is -2.41. The zero-order chi connectivity index (χ0) is 12.3. The van der Waals surface area contributed by atoms with Crippen molar-refractivity contribution in [3.8, 4) is 6.07 Å². The van der Waals surface area contributed by atoms with E-state index in [0.29, 0.717) is 11.5 Å². The fourth-order valence-electron chi connectivity index (χ4n) is 1.61. The van der Waals surface area contributed by atoms with E-state index in [-0.39, 0.29) is 0 Å². The van der Waals surface area contributed by atoms with Gasteiger partial charge in [0.15, 0.2) is 11.5 Å². The lowest BCUT2D eigenvalue weighted by molar-refractivity contribution is 1.07. The lowest BCUT2D eigenvalue weighted by Crippen LogP contribution is -2.13. The molecule has 1 aromatic carbocycles. The number of aryl methyl sites for hydroxylation is 1. The number of hydrogen-bond donors (Lipinski definition) is 0. The van der Waals surface area contributed by atoms with Gasteiger partial charge in [0.2, 0.25) is 0 Å². The summed E-state index contributed by atoms with van der Waals surface area (Å²) < 4.78 is 0. The number of rotatable bonds is 2. The van der Waals surface area contributed by atoms with E-state index in [1.54, 1.807) is 6.20 Å². The summed E-state index contributed by atoms with van der Waals surface area (Å²) in [6.07, 6.45) is 3.11. The molecule has 4 heteroatoms. The number of anilines is 2. The lowest BCUT2D eigenvalue weighted by Gasteiger charge is -2.18. The van der Waals surface area contributed by atoms with E-state index < -0.39 is 0 Å². The van der Waals surface area contributed by atoms with Gasteiger partial charge in [0.25, 0.3) is 0 Å². The van der Waals surface area contributed by atoms with Crippen molar-refractivity contribution in [3.63, 3.8) is 0 Å². The fraction of sp³-hybridized carbons (Fsp3) is 0.154. The van der Waals surface area contributed by atoms with Gasteiger partial charge in [-0.1, -0.05) is 12.1 Å². The summed E-state index contributed by atoms with van der Waals surface area (Å²) in [5.74, 6) is 0.570. The number of nitriles is 1. The van der Waals surface area contributed by atoms with Crippen LogP contribution in [0.4, 0.5) is 11.5 Å². The van der Waals surface area contributed by atoms with Crippen LogP contribution in [0.2, 0.25) is 0 Å². The van der Waals surface area contributed by atoms with Gasteiger partial charge in [0.05, 0.1) is 0 Å². The highest BCUT2D eigenvalue weighted by atomic mass is 15.2. The second-order valence-corrected chi connectivity index (χ2v) is 3.74. The van der Waals surface area contributed by atoms with Crippen molar-refractivity contribution in [3.05, 3.63) is 47.9 Å². The molecule has 0 amide bonds. The van der Waals surface area contributed by atoms with Crippen molar-refractivity contribution in [2.45, 2.75) is 6.92 Å². The smallest absolute Gasteiger partial charge is 0.183 e. The molecule has 0 N–H and O–H groups in total. The van der Waals surface area contributed by atoms with Crippen LogP contribution in [0.3, 0.4) is 0 Å². The predicted molar refractivity (Wildman–Crippen MR) is 66.0 cm³/mol. The van der Waals surface area contributed by atoms with Crippen LogP contribution in [-0.2, 0) is 0 Å². The van der Waals surface area contributed by atoms with E-state index in [1.165, 1.54) is 6.20 Å². The van der Waals surface area contributed by atoms with Crippen molar-refractivity contribution in [1.82, 2.24) is 9.97 Å². The minimum absolute atomic E-state index is 0.330. The van der Waals surface area contributed by atoms with Gasteiger partial charge in [-0.05, 0) is 24.6 Å². The SMILES string of the molecule is Cc1cccc(N(C)c2nccnc2C#N)c1. The van der Waals surface area contributed by atoms with Crippen LogP contribution in [0, 0.1) is 18.3 Å². The standard InChI is InChI=1S/C13H12N4/c1-10-4-3-5-11(8-10)17(2)13-12(9-14)15-6-7-16-13/h3-8H,1-2H3. The van der Waals surface area contributed by atoms with E-state index in [2.05, 4.69) is 9.97 Å². The fourth-order valence-corrected chi connectivity index (χ4v) is 1.61. The molecule has 84 valence electrons. The molecule has 2 aromatic rings. The first-order valence-electron chi connectivity index (χ1n) is 5.24. The van der Waals surface area contributed by atoms with Crippen LogP contribution in [0.1, 0.15) is 11.3 Å². The van der Waals surface area contributed by atoms with Gasteiger partial charge < -0.3 is 4.90 Å². The first kappa shape index (κ1) is 11.1. The van der Waals surface area contributed by atoms with Gasteiger partial charge in [0, 0.05) is 25.1 Å². The zero-order valence-corrected chi connectivity index (χ0v) is 9.75. The summed E-state index contributed by atoms with van der Waals surface area (Å²) >= 11 is 0. The van der Waals surface area contributed by atoms with Crippen LogP contribution < -0.4 is 4.90 Å². The van der Waals surface area contributed by atoms with E-state index in [4.69, 9.17) is 5.26 Å². The maximum atomic E-state index is 8.99. The molecule has 1 heterocycles. The molecule has 0 aliphatic heterocycles. The second-order valence-electron chi connectivity index (χ2n) is 3.74. The molecule has 0 spiro atoms. The topological polar surface area (TPSA) is 52.8 Å². The van der Waals surface area contributed by atoms with E-state index >= 15 is 0 Å². The number of aromatic nitrogens is 2. The minimum Gasteiger partial charge on any atom is -0.327 e. The molecule has 0 unspecified atom stereocenters. The highest BCUT2D eigenvalue weighted by Crippen LogP contribution is 2.23. The van der Waals surface area contributed by atoms with Gasteiger partial charge in [-0.25, -0.2) is 9.97 Å². The Morgan fingerprint density at radius 1 is 1.24 bits per heavy atom. The average molecular weight is 224 g/mol. The molecular weight excluding hydrogens is 212 g/mol. The number of nitrogens with zero attached hydrogens (tertiary/aromatic N) is 4. The Morgan fingerprint density at radius 3 is 2.71 bits per heavy atom. The largest absolute Gasteiger partial charge is 0.327 e. The third-order valence-corrected chi connectivity index (χ3v) is 2.49. The van der Waals surface area contributed by atoms with Crippen molar-refractivity contribution in [2.24, 2.45) is 0 Å². The Morgan fingerprint density at radius 2 is 2.00 bits per heavy atom. The molecule has 0 atom stereocenters. The molecule has 2 rings (SSSR count). The number of benzene rings is 1. The molecule has 0 saturated heterocycles. The van der Waals surface area contributed by atoms with E-state index in [1.807, 2.05) is 49.2 Å². The summed E-state index contributed by atoms with van der Waals surface area (Å²) in [5.41, 5.74) is 2.48. The van der Waals surface area contributed by atoms with Crippen LogP contribution >= 0.6 is 0 Å². The molecule has 17 heavy (non-hydrogen) atoms. The Bertz CT molecular complexity index is 572. The molecule has 4 nitrogen and oxygen atoms in total. The lowest BCUT2D eigenvalue weighted by atomic mass is 10.2. The van der Waals surface area contributed by atoms with Gasteiger partial charge in [-0.3, -0.25) is 0 Å². The van der Waals surface area contributed by atoms with Crippen molar-refractivity contribution in [1.29, 1.82) is 5.26 Å². The molecule has 0 aliphatic carbocycles. The summed E-state index contributed by atoms with van der Waals surface area (Å²) in [4.78, 5) is 10.1. The third-order valence-electron chi connectivity index (χ3n) is 2.49. The monoisotopic (exact) mass is 224 g/mol. The molecule has 0 fully saturated rings. The Labute approximate surface area is 100 Å². The first-order valence-corrected chi connectivity index (χ1v) is 5.24. The molecule has 0 radical (unpaired) electrons. The van der Waals surface area contributed by atoms with Crippen LogP contribution in [0.15, 0.2) is 36.7 Å². The highest BCUT2D eigenvalue weighted by molar-refractivity contribution is 5.63. The first-order chi connectivity index (χ1) is 8.22. The molecule has 0 aliphatic rings. The van der Waals surface area contributed by atoms with Crippen LogP contribution in [0.5, 0.6) is 0 Å². The van der Waals surface area contributed by atoms with Crippen molar-refractivity contribution < 1.29 is 0 Å². The van der Waals surface area contributed by atoms with E-state index in [0.717, 1.165) is 11.3 Å². The summed E-state index contributed by atoms with van der Waals surface area (Å²) in [6.45, 7) is 2.03. The van der Waals surface area contributed by atoms with E-state index in [9.17, 15) is 0 Å². The highest BCUT2D eigenvalue weighted by Gasteiger charge is 2.11. The third kappa shape index (κ3) is 2.23. The van der Waals surface area contributed by atoms with Crippen molar-refractivity contribution in [2.75, 3.05) is 11.9 Å². The molecule has 1 aromatic heterocycles. The minimum atomic E-state index is 0.330. The predicted octanol–water partition coefficient (Wildman–Crippen LogP) is 2.42. The maximum absolute atomic E-state index is 8.99. The maximum Gasteiger partial charge on any atom is 0.183 e. The van der Waals surface area contributed by atoms with Crippen LogP contribution in [-0.4, -0.2) is 17.0 Å².